The van der Waals surface area contributed by atoms with E-state index in [9.17, 15) is 4.79 Å². The molecule has 0 N–H and O–H groups in total. The summed E-state index contributed by atoms with van der Waals surface area (Å²) < 4.78 is 17.3. The molecule has 2 heterocycles. The molecule has 3 atom stereocenters. The van der Waals surface area contributed by atoms with E-state index in [2.05, 4.69) is 35.2 Å². The molecule has 162 valence electrons. The van der Waals surface area contributed by atoms with E-state index >= 15 is 0 Å². The molecule has 6 rings (SSSR count). The van der Waals surface area contributed by atoms with Crippen molar-refractivity contribution in [3.05, 3.63) is 95.6 Å². The lowest BCUT2D eigenvalue weighted by molar-refractivity contribution is 0.0267. The smallest absolute Gasteiger partial charge is 0.456 e. The fraction of sp³-hybridized carbons (Fsp3) is 0.296. The molecule has 3 aromatic carbocycles. The highest BCUT2D eigenvalue weighted by Crippen LogP contribution is 2.52. The summed E-state index contributed by atoms with van der Waals surface area (Å²) in [4.78, 5) is 15.1. The summed E-state index contributed by atoms with van der Waals surface area (Å²) in [6.07, 6.45) is -1.14. The molecule has 1 saturated heterocycles. The maximum Gasteiger partial charge on any atom is 0.509 e. The van der Waals surface area contributed by atoms with Crippen molar-refractivity contribution in [1.29, 1.82) is 0 Å². The lowest BCUT2D eigenvalue weighted by Crippen LogP contribution is -2.25. The number of carbonyl (C=O) groups is 1. The van der Waals surface area contributed by atoms with Crippen LogP contribution in [0.5, 0.6) is 11.5 Å². The lowest BCUT2D eigenvalue weighted by atomic mass is 9.97. The molecule has 0 radical (unpaired) electrons. The third kappa shape index (κ3) is 3.63. The third-order valence-electron chi connectivity index (χ3n) is 6.93. The van der Waals surface area contributed by atoms with Crippen molar-refractivity contribution in [2.75, 3.05) is 19.7 Å². The second-order valence-corrected chi connectivity index (χ2v) is 8.91. The Morgan fingerprint density at radius 2 is 1.44 bits per heavy atom. The van der Waals surface area contributed by atoms with Crippen LogP contribution < -0.4 is 4.74 Å². The van der Waals surface area contributed by atoms with Crippen LogP contribution in [0.4, 0.5) is 4.79 Å². The Labute approximate surface area is 187 Å². The fourth-order valence-electron chi connectivity index (χ4n) is 5.24. The highest BCUT2D eigenvalue weighted by atomic mass is 16.7. The van der Waals surface area contributed by atoms with Gasteiger partial charge in [-0.25, -0.2) is 4.79 Å². The van der Waals surface area contributed by atoms with Gasteiger partial charge in [-0.3, -0.25) is 4.90 Å². The molecule has 32 heavy (non-hydrogen) atoms. The zero-order valence-electron chi connectivity index (χ0n) is 17.7. The monoisotopic (exact) mass is 427 g/mol. The number of hydrogen-bond acceptors (Lipinski definition) is 5. The standard InChI is InChI=1S/C27H25NO4/c29-27(30-17-23-21-15-28(16-22(21)23)14-18-8-2-1-3-9-18)32-26-19-10-4-6-12-24(19)31-25-13-7-5-11-20(25)26/h1-13,21-23,26H,14-17H2/t21-,22?,23?/m1/s1. The molecule has 5 heteroatoms. The van der Waals surface area contributed by atoms with Crippen LogP contribution in [0.2, 0.25) is 0 Å². The Bertz CT molecular complexity index is 1070. The molecule has 2 unspecified atom stereocenters. The van der Waals surface area contributed by atoms with Crippen LogP contribution in [0.1, 0.15) is 22.8 Å². The minimum atomic E-state index is -0.618. The number of carbonyl (C=O) groups excluding carboxylic acids is 1. The van der Waals surface area contributed by atoms with E-state index in [0.717, 1.165) is 30.8 Å². The normalized spacial score (nSPS) is 23.4. The summed E-state index contributed by atoms with van der Waals surface area (Å²) in [7, 11) is 0. The topological polar surface area (TPSA) is 48.0 Å². The molecule has 2 aliphatic heterocycles. The number of ether oxygens (including phenoxy) is 3. The molecule has 0 bridgehead atoms. The maximum atomic E-state index is 12.6. The summed E-state index contributed by atoms with van der Waals surface area (Å²) in [6.45, 7) is 3.57. The molecule has 0 spiro atoms. The number of rotatable bonds is 5. The third-order valence-corrected chi connectivity index (χ3v) is 6.93. The molecule has 1 saturated carbocycles. The molecule has 1 aliphatic carbocycles. The highest BCUT2D eigenvalue weighted by Gasteiger charge is 2.55. The Morgan fingerprint density at radius 1 is 0.844 bits per heavy atom. The van der Waals surface area contributed by atoms with Gasteiger partial charge in [-0.2, -0.15) is 0 Å². The molecule has 0 aromatic heterocycles. The molecule has 5 nitrogen and oxygen atoms in total. The number of likely N-dealkylation sites (tertiary alicyclic amines) is 1. The van der Waals surface area contributed by atoms with Gasteiger partial charge in [-0.1, -0.05) is 66.7 Å². The van der Waals surface area contributed by atoms with Crippen molar-refractivity contribution in [3.63, 3.8) is 0 Å². The average Bonchev–Trinajstić information content (AvgIpc) is 3.28. The number of hydrogen-bond donors (Lipinski definition) is 0. The van der Waals surface area contributed by atoms with Crippen LogP contribution in [0.25, 0.3) is 0 Å². The van der Waals surface area contributed by atoms with Gasteiger partial charge >= 0.3 is 6.16 Å². The number of piperidine rings is 1. The van der Waals surface area contributed by atoms with Crippen molar-refractivity contribution >= 4 is 6.16 Å². The summed E-state index contributed by atoms with van der Waals surface area (Å²) in [5.41, 5.74) is 3.02. The Balaban J connectivity index is 1.04. The largest absolute Gasteiger partial charge is 0.509 e. The van der Waals surface area contributed by atoms with E-state index in [4.69, 9.17) is 14.2 Å². The first kappa shape index (κ1) is 19.4. The zero-order valence-corrected chi connectivity index (χ0v) is 17.7. The van der Waals surface area contributed by atoms with E-state index < -0.39 is 12.3 Å². The Hall–Kier alpha value is -3.31. The van der Waals surface area contributed by atoms with E-state index in [1.165, 1.54) is 5.56 Å². The minimum Gasteiger partial charge on any atom is -0.456 e. The number of fused-ring (bicyclic) bond motifs is 3. The first-order valence-corrected chi connectivity index (χ1v) is 11.2. The number of para-hydroxylation sites is 2. The van der Waals surface area contributed by atoms with Gasteiger partial charge < -0.3 is 14.2 Å². The van der Waals surface area contributed by atoms with Gasteiger partial charge in [0.2, 0.25) is 0 Å². The number of benzene rings is 3. The van der Waals surface area contributed by atoms with Crippen molar-refractivity contribution in [3.8, 4) is 11.5 Å². The predicted octanol–water partition coefficient (Wildman–Crippen LogP) is 5.41. The predicted molar refractivity (Wildman–Crippen MR) is 119 cm³/mol. The van der Waals surface area contributed by atoms with E-state index in [1.54, 1.807) is 0 Å². The van der Waals surface area contributed by atoms with E-state index in [-0.39, 0.29) is 0 Å². The van der Waals surface area contributed by atoms with Crippen molar-refractivity contribution in [2.45, 2.75) is 12.6 Å². The summed E-state index contributed by atoms with van der Waals surface area (Å²) >= 11 is 0. The van der Waals surface area contributed by atoms with Crippen molar-refractivity contribution in [2.24, 2.45) is 17.8 Å². The molecule has 2 fully saturated rings. The van der Waals surface area contributed by atoms with Crippen LogP contribution >= 0.6 is 0 Å². The van der Waals surface area contributed by atoms with E-state index in [0.29, 0.717) is 35.9 Å². The van der Waals surface area contributed by atoms with Crippen LogP contribution in [0.15, 0.2) is 78.9 Å². The average molecular weight is 428 g/mol. The van der Waals surface area contributed by atoms with Gasteiger partial charge in [0.05, 0.1) is 6.61 Å². The fourth-order valence-corrected chi connectivity index (χ4v) is 5.24. The molecule has 3 aliphatic rings. The Kier molecular flexibility index (Phi) is 4.84. The summed E-state index contributed by atoms with van der Waals surface area (Å²) in [6, 6.07) is 25.9. The van der Waals surface area contributed by atoms with Gasteiger partial charge in [0.1, 0.15) is 11.5 Å². The second-order valence-electron chi connectivity index (χ2n) is 8.91. The number of nitrogens with zero attached hydrogens (tertiary/aromatic N) is 1. The quantitative estimate of drug-likeness (QED) is 0.510. The summed E-state index contributed by atoms with van der Waals surface area (Å²) in [5.74, 6) is 3.11. The van der Waals surface area contributed by atoms with Crippen LogP contribution in [-0.4, -0.2) is 30.8 Å². The SMILES string of the molecule is O=C(OCC1C2CN(Cc3ccccc3)C[C@@H]12)OC1c2ccccc2Oc2ccccc21. The molecular formula is C27H25NO4. The van der Waals surface area contributed by atoms with Crippen LogP contribution in [0.3, 0.4) is 0 Å². The van der Waals surface area contributed by atoms with Gasteiger partial charge in [0, 0.05) is 36.7 Å². The molecule has 0 amide bonds. The van der Waals surface area contributed by atoms with Gasteiger partial charge in [-0.15, -0.1) is 0 Å². The van der Waals surface area contributed by atoms with Crippen molar-refractivity contribution < 1.29 is 19.0 Å². The van der Waals surface area contributed by atoms with Gasteiger partial charge in [0.15, 0.2) is 6.10 Å². The van der Waals surface area contributed by atoms with Crippen LogP contribution in [-0.2, 0) is 16.0 Å². The lowest BCUT2D eigenvalue weighted by Gasteiger charge is -2.27. The van der Waals surface area contributed by atoms with Gasteiger partial charge in [-0.05, 0) is 29.5 Å². The van der Waals surface area contributed by atoms with Gasteiger partial charge in [0.25, 0.3) is 0 Å². The highest BCUT2D eigenvalue weighted by molar-refractivity contribution is 5.63. The first-order chi connectivity index (χ1) is 15.8. The summed E-state index contributed by atoms with van der Waals surface area (Å²) in [5, 5.41) is 0. The zero-order chi connectivity index (χ0) is 21.5. The molecule has 3 aromatic rings. The molecular weight excluding hydrogens is 402 g/mol. The maximum absolute atomic E-state index is 12.6. The second kappa shape index (κ2) is 7.99. The first-order valence-electron chi connectivity index (χ1n) is 11.2. The Morgan fingerprint density at radius 3 is 2.09 bits per heavy atom. The van der Waals surface area contributed by atoms with E-state index in [1.807, 2.05) is 48.5 Å². The minimum absolute atomic E-state index is 0.430. The van der Waals surface area contributed by atoms with Crippen LogP contribution in [0, 0.1) is 17.8 Å². The van der Waals surface area contributed by atoms with Crippen molar-refractivity contribution in [1.82, 2.24) is 4.90 Å².